The Morgan fingerprint density at radius 3 is 2.80 bits per heavy atom. The van der Waals surface area contributed by atoms with E-state index in [0.29, 0.717) is 17.9 Å². The zero-order chi connectivity index (χ0) is 11.4. The van der Waals surface area contributed by atoms with Crippen molar-refractivity contribution < 1.29 is 4.79 Å². The van der Waals surface area contributed by atoms with E-state index < -0.39 is 0 Å². The normalized spacial score (nSPS) is 12.5. The fraction of sp³-hybridized carbons (Fsp3) is 0.364. The number of ketones is 1. The van der Waals surface area contributed by atoms with Gasteiger partial charge >= 0.3 is 0 Å². The molecule has 0 saturated heterocycles. The van der Waals surface area contributed by atoms with Crippen molar-refractivity contribution in [2.45, 2.75) is 24.6 Å². The Morgan fingerprint density at radius 2 is 2.20 bits per heavy atom. The zero-order valence-corrected chi connectivity index (χ0v) is 12.2. The van der Waals surface area contributed by atoms with Crippen LogP contribution in [0, 0.1) is 0 Å². The second-order valence-corrected chi connectivity index (χ2v) is 5.51. The maximum Gasteiger partial charge on any atom is 0.146 e. The molecule has 82 valence electrons. The minimum atomic E-state index is -0.128. The van der Waals surface area contributed by atoms with Crippen LogP contribution >= 0.6 is 43.5 Å². The van der Waals surface area contributed by atoms with Gasteiger partial charge in [-0.3, -0.25) is 4.79 Å². The predicted molar refractivity (Wildman–Crippen MR) is 70.9 cm³/mol. The van der Waals surface area contributed by atoms with Crippen LogP contribution in [0.2, 0.25) is 5.02 Å². The minimum absolute atomic E-state index is 0.128. The molecule has 1 aromatic carbocycles. The van der Waals surface area contributed by atoms with Gasteiger partial charge in [-0.1, -0.05) is 46.6 Å². The Hall–Kier alpha value is 0.140. The van der Waals surface area contributed by atoms with Crippen LogP contribution < -0.4 is 0 Å². The Labute approximate surface area is 111 Å². The topological polar surface area (TPSA) is 17.1 Å². The quantitative estimate of drug-likeness (QED) is 0.733. The van der Waals surface area contributed by atoms with E-state index in [1.54, 1.807) is 0 Å². The van der Waals surface area contributed by atoms with Crippen molar-refractivity contribution in [1.82, 2.24) is 0 Å². The summed E-state index contributed by atoms with van der Waals surface area (Å²) < 4.78 is 0.875. The Morgan fingerprint density at radius 1 is 1.53 bits per heavy atom. The van der Waals surface area contributed by atoms with Crippen molar-refractivity contribution >= 4 is 49.2 Å². The number of alkyl halides is 1. The fourth-order valence-corrected chi connectivity index (χ4v) is 2.53. The average molecular weight is 354 g/mol. The average Bonchev–Trinajstić information content (AvgIpc) is 2.23. The Balaban J connectivity index is 2.81. The van der Waals surface area contributed by atoms with E-state index in [0.717, 1.165) is 10.0 Å². The lowest BCUT2D eigenvalue weighted by Gasteiger charge is -2.09. The van der Waals surface area contributed by atoms with Crippen LogP contribution in [0.1, 0.15) is 18.9 Å². The maximum absolute atomic E-state index is 11.4. The number of carbonyl (C=O) groups excluding carboxylic acids is 1. The van der Waals surface area contributed by atoms with Crippen molar-refractivity contribution in [1.29, 1.82) is 0 Å². The highest BCUT2D eigenvalue weighted by Gasteiger charge is 2.15. The Kier molecular flexibility index (Phi) is 5.30. The molecule has 0 heterocycles. The van der Waals surface area contributed by atoms with E-state index in [9.17, 15) is 4.79 Å². The van der Waals surface area contributed by atoms with Crippen LogP contribution in [0.5, 0.6) is 0 Å². The lowest BCUT2D eigenvalue weighted by molar-refractivity contribution is -0.118. The molecule has 1 atom stereocenters. The molecule has 15 heavy (non-hydrogen) atoms. The van der Waals surface area contributed by atoms with Crippen LogP contribution in [-0.2, 0) is 11.2 Å². The number of hydrogen-bond acceptors (Lipinski definition) is 1. The second-order valence-electron chi connectivity index (χ2n) is 3.20. The molecule has 1 nitrogen and oxygen atoms in total. The van der Waals surface area contributed by atoms with Crippen molar-refractivity contribution in [3.8, 4) is 0 Å². The number of halogens is 3. The van der Waals surface area contributed by atoms with Gasteiger partial charge in [0.05, 0.1) is 9.85 Å². The molecule has 0 fully saturated rings. The van der Waals surface area contributed by atoms with Gasteiger partial charge in [-0.2, -0.15) is 0 Å². The third-order valence-electron chi connectivity index (χ3n) is 2.13. The summed E-state index contributed by atoms with van der Waals surface area (Å²) in [6, 6.07) is 5.67. The van der Waals surface area contributed by atoms with Crippen LogP contribution in [0.25, 0.3) is 0 Å². The minimum Gasteiger partial charge on any atom is -0.298 e. The first-order valence-electron chi connectivity index (χ1n) is 4.66. The van der Waals surface area contributed by atoms with Crippen LogP contribution in [0.3, 0.4) is 0 Å². The van der Waals surface area contributed by atoms with E-state index in [4.69, 9.17) is 11.6 Å². The molecule has 0 N–H and O–H groups in total. The highest BCUT2D eigenvalue weighted by Crippen LogP contribution is 2.28. The third-order valence-corrected chi connectivity index (χ3v) is 4.44. The standard InChI is InChI=1S/C11H11Br2ClO/c1-2-10(15)8(12)6-7-4-3-5-9(14)11(7)13/h3-5,8H,2,6H2,1H3. The van der Waals surface area contributed by atoms with E-state index in [2.05, 4.69) is 31.9 Å². The molecule has 0 amide bonds. The van der Waals surface area contributed by atoms with Crippen molar-refractivity contribution in [3.63, 3.8) is 0 Å². The summed E-state index contributed by atoms with van der Waals surface area (Å²) in [6.07, 6.45) is 1.21. The molecule has 0 saturated carbocycles. The zero-order valence-electron chi connectivity index (χ0n) is 8.27. The molecule has 1 aromatic rings. The summed E-state index contributed by atoms with van der Waals surface area (Å²) in [5.41, 5.74) is 1.05. The summed E-state index contributed by atoms with van der Waals surface area (Å²) in [4.78, 5) is 11.3. The number of benzene rings is 1. The van der Waals surface area contributed by atoms with Crippen molar-refractivity contribution in [2.75, 3.05) is 0 Å². The lowest BCUT2D eigenvalue weighted by Crippen LogP contribution is -2.15. The molecular weight excluding hydrogens is 343 g/mol. The molecule has 0 spiro atoms. The van der Waals surface area contributed by atoms with Gasteiger partial charge in [0, 0.05) is 10.9 Å². The van der Waals surface area contributed by atoms with E-state index in [1.807, 2.05) is 25.1 Å². The van der Waals surface area contributed by atoms with Crippen molar-refractivity contribution in [3.05, 3.63) is 33.3 Å². The van der Waals surface area contributed by atoms with Gasteiger partial charge in [0.25, 0.3) is 0 Å². The number of rotatable bonds is 4. The van der Waals surface area contributed by atoms with E-state index in [1.165, 1.54) is 0 Å². The summed E-state index contributed by atoms with van der Waals surface area (Å²) in [7, 11) is 0. The van der Waals surface area contributed by atoms with Gasteiger partial charge in [-0.05, 0) is 34.0 Å². The highest BCUT2D eigenvalue weighted by atomic mass is 79.9. The summed E-state index contributed by atoms with van der Waals surface area (Å²) in [6.45, 7) is 1.86. The van der Waals surface area contributed by atoms with Gasteiger partial charge in [0.1, 0.15) is 5.78 Å². The summed E-state index contributed by atoms with van der Waals surface area (Å²) in [5.74, 6) is 0.210. The lowest BCUT2D eigenvalue weighted by atomic mass is 10.1. The van der Waals surface area contributed by atoms with Gasteiger partial charge in [0.2, 0.25) is 0 Å². The molecule has 1 rings (SSSR count). The van der Waals surface area contributed by atoms with Gasteiger partial charge in [-0.25, -0.2) is 0 Å². The fourth-order valence-electron chi connectivity index (χ4n) is 1.23. The van der Waals surface area contributed by atoms with Gasteiger partial charge in [-0.15, -0.1) is 0 Å². The van der Waals surface area contributed by atoms with Gasteiger partial charge in [0.15, 0.2) is 0 Å². The van der Waals surface area contributed by atoms with Crippen molar-refractivity contribution in [2.24, 2.45) is 0 Å². The first-order valence-corrected chi connectivity index (χ1v) is 6.74. The number of hydrogen-bond donors (Lipinski definition) is 0. The summed E-state index contributed by atoms with van der Waals surface area (Å²) >= 11 is 12.8. The number of Topliss-reactive ketones (excluding diaryl/α,β-unsaturated/α-hetero) is 1. The van der Waals surface area contributed by atoms with Gasteiger partial charge < -0.3 is 0 Å². The summed E-state index contributed by atoms with van der Waals surface area (Å²) in [5, 5.41) is 0.677. The molecule has 0 bridgehead atoms. The first kappa shape index (κ1) is 13.2. The molecular formula is C11H11Br2ClO. The molecule has 1 unspecified atom stereocenters. The molecule has 0 aromatic heterocycles. The molecule has 0 aliphatic heterocycles. The van der Waals surface area contributed by atoms with Crippen LogP contribution in [0.4, 0.5) is 0 Å². The van der Waals surface area contributed by atoms with Crippen LogP contribution in [0.15, 0.2) is 22.7 Å². The van der Waals surface area contributed by atoms with Crippen LogP contribution in [-0.4, -0.2) is 10.6 Å². The SMILES string of the molecule is CCC(=O)C(Br)Cc1cccc(Cl)c1Br. The predicted octanol–water partition coefficient (Wildman–Crippen LogP) is 4.39. The monoisotopic (exact) mass is 352 g/mol. The molecule has 0 radical (unpaired) electrons. The molecule has 4 heteroatoms. The smallest absolute Gasteiger partial charge is 0.146 e. The largest absolute Gasteiger partial charge is 0.298 e. The molecule has 0 aliphatic rings. The third kappa shape index (κ3) is 3.58. The molecule has 0 aliphatic carbocycles. The van der Waals surface area contributed by atoms with E-state index >= 15 is 0 Å². The van der Waals surface area contributed by atoms with E-state index in [-0.39, 0.29) is 10.6 Å². The second kappa shape index (κ2) is 6.02. The Bertz CT molecular complexity index is 366. The maximum atomic E-state index is 11.4. The number of carbonyl (C=O) groups is 1. The first-order chi connectivity index (χ1) is 7.06. The highest BCUT2D eigenvalue weighted by molar-refractivity contribution is 9.10.